The predicted octanol–water partition coefficient (Wildman–Crippen LogP) is 1.28. The first-order chi connectivity index (χ1) is 10.8. The fourth-order valence-electron chi connectivity index (χ4n) is 3.49. The highest BCUT2D eigenvalue weighted by atomic mass is 16.5. The number of ether oxygens (including phenoxy) is 1. The van der Waals surface area contributed by atoms with Crippen LogP contribution in [0.5, 0.6) is 0 Å². The van der Waals surface area contributed by atoms with E-state index in [-0.39, 0.29) is 12.1 Å². The van der Waals surface area contributed by atoms with Gasteiger partial charge in [0.1, 0.15) is 0 Å². The van der Waals surface area contributed by atoms with Gasteiger partial charge in [0.15, 0.2) is 0 Å². The maximum atomic E-state index is 12.2. The average molecular weight is 307 g/mol. The number of urea groups is 1. The molecule has 2 fully saturated rings. The minimum Gasteiger partial charge on any atom is -0.383 e. The number of hydrogen-bond donors (Lipinski definition) is 2. The second-order valence-corrected chi connectivity index (χ2v) is 6.08. The Bertz CT molecular complexity index is 504. The lowest BCUT2D eigenvalue weighted by molar-refractivity contribution is 0.180. The van der Waals surface area contributed by atoms with Crippen LogP contribution in [0.25, 0.3) is 0 Å². The van der Waals surface area contributed by atoms with Gasteiger partial charge >= 0.3 is 6.03 Å². The highest BCUT2D eigenvalue weighted by Gasteiger charge is 2.36. The van der Waals surface area contributed by atoms with E-state index in [1.807, 2.05) is 6.20 Å². The number of methoxy groups -OCH3 is 1. The Morgan fingerprint density at radius 1 is 1.41 bits per heavy atom. The molecule has 122 valence electrons. The predicted molar refractivity (Wildman–Crippen MR) is 83.9 cm³/mol. The normalized spacial score (nSPS) is 25.0. The molecule has 7 nitrogen and oxygen atoms in total. The summed E-state index contributed by atoms with van der Waals surface area (Å²) in [6.45, 7) is 3.56. The van der Waals surface area contributed by atoms with Crippen molar-refractivity contribution in [3.05, 3.63) is 12.4 Å². The van der Waals surface area contributed by atoms with E-state index in [0.29, 0.717) is 24.9 Å². The number of carbonyl (C=O) groups is 1. The molecule has 2 saturated heterocycles. The molecule has 7 heteroatoms. The Morgan fingerprint density at radius 3 is 3.18 bits per heavy atom. The van der Waals surface area contributed by atoms with Gasteiger partial charge in [-0.15, -0.1) is 0 Å². The van der Waals surface area contributed by atoms with Gasteiger partial charge < -0.3 is 15.4 Å². The molecule has 0 saturated carbocycles. The molecule has 2 N–H and O–H groups in total. The molecule has 3 rings (SSSR count). The Kier molecular flexibility index (Phi) is 4.94. The molecule has 2 aliphatic heterocycles. The number of rotatable bonds is 5. The molecule has 1 aromatic heterocycles. The topological polar surface area (TPSA) is 71.4 Å². The maximum Gasteiger partial charge on any atom is 0.319 e. The molecule has 2 amide bonds. The van der Waals surface area contributed by atoms with Gasteiger partial charge in [-0.05, 0) is 25.8 Å². The van der Waals surface area contributed by atoms with Gasteiger partial charge in [0, 0.05) is 31.9 Å². The summed E-state index contributed by atoms with van der Waals surface area (Å²) in [5, 5.41) is 10.2. The average Bonchev–Trinajstić information content (AvgIpc) is 3.13. The molecule has 0 bridgehead atoms. The molecule has 0 radical (unpaired) electrons. The smallest absolute Gasteiger partial charge is 0.319 e. The van der Waals surface area contributed by atoms with E-state index in [2.05, 4.69) is 20.6 Å². The molecule has 0 aliphatic carbocycles. The number of aromatic nitrogens is 2. The second kappa shape index (κ2) is 7.11. The Morgan fingerprint density at radius 2 is 2.32 bits per heavy atom. The van der Waals surface area contributed by atoms with Crippen molar-refractivity contribution in [2.75, 3.05) is 32.1 Å². The highest BCUT2D eigenvalue weighted by Crippen LogP contribution is 2.27. The summed E-state index contributed by atoms with van der Waals surface area (Å²) in [5.74, 6) is 0. The van der Waals surface area contributed by atoms with Gasteiger partial charge in [-0.2, -0.15) is 5.10 Å². The standard InChI is InChI=1S/C15H25N5O2/c1-22-9-8-20-11-12(10-16-20)17-15(21)18-13-5-7-19-6-3-2-4-14(13)19/h10-11,13-14H,2-9H2,1H3,(H2,17,18,21)/t13-,14+/m0/s1. The summed E-state index contributed by atoms with van der Waals surface area (Å²) < 4.78 is 6.77. The number of anilines is 1. The van der Waals surface area contributed by atoms with Crippen LogP contribution in [-0.4, -0.2) is 59.6 Å². The van der Waals surface area contributed by atoms with Crippen LogP contribution in [0.3, 0.4) is 0 Å². The summed E-state index contributed by atoms with van der Waals surface area (Å²) in [5.41, 5.74) is 0.715. The number of nitrogens with one attached hydrogen (secondary N) is 2. The molecular weight excluding hydrogens is 282 g/mol. The van der Waals surface area contributed by atoms with Crippen molar-refractivity contribution in [2.24, 2.45) is 0 Å². The van der Waals surface area contributed by atoms with E-state index < -0.39 is 0 Å². The Hall–Kier alpha value is -1.60. The summed E-state index contributed by atoms with van der Waals surface area (Å²) in [6.07, 6.45) is 8.28. The molecule has 0 unspecified atom stereocenters. The number of carbonyl (C=O) groups excluding carboxylic acids is 1. The van der Waals surface area contributed by atoms with Gasteiger partial charge in [0.25, 0.3) is 0 Å². The van der Waals surface area contributed by atoms with Gasteiger partial charge in [0.05, 0.1) is 25.0 Å². The van der Waals surface area contributed by atoms with Crippen LogP contribution >= 0.6 is 0 Å². The van der Waals surface area contributed by atoms with Crippen LogP contribution in [0.1, 0.15) is 25.7 Å². The van der Waals surface area contributed by atoms with E-state index in [4.69, 9.17) is 4.74 Å². The lowest BCUT2D eigenvalue weighted by Gasteiger charge is -2.32. The highest BCUT2D eigenvalue weighted by molar-refractivity contribution is 5.89. The van der Waals surface area contributed by atoms with Crippen molar-refractivity contribution in [2.45, 2.75) is 44.3 Å². The monoisotopic (exact) mass is 307 g/mol. The van der Waals surface area contributed by atoms with Gasteiger partial charge in [-0.25, -0.2) is 4.79 Å². The van der Waals surface area contributed by atoms with Crippen molar-refractivity contribution in [1.82, 2.24) is 20.0 Å². The quantitative estimate of drug-likeness (QED) is 0.859. The molecule has 3 heterocycles. The molecule has 0 spiro atoms. The molecule has 22 heavy (non-hydrogen) atoms. The van der Waals surface area contributed by atoms with E-state index in [1.165, 1.54) is 25.8 Å². The minimum absolute atomic E-state index is 0.135. The molecular formula is C15H25N5O2. The fraction of sp³-hybridized carbons (Fsp3) is 0.733. The first kappa shape index (κ1) is 15.3. The fourth-order valence-corrected chi connectivity index (χ4v) is 3.49. The largest absolute Gasteiger partial charge is 0.383 e. The zero-order chi connectivity index (χ0) is 15.4. The number of nitrogens with zero attached hydrogens (tertiary/aromatic N) is 3. The van der Waals surface area contributed by atoms with E-state index in [1.54, 1.807) is 18.0 Å². The zero-order valence-electron chi connectivity index (χ0n) is 13.1. The van der Waals surface area contributed by atoms with E-state index >= 15 is 0 Å². The van der Waals surface area contributed by atoms with Gasteiger partial charge in [-0.3, -0.25) is 9.58 Å². The molecule has 2 aliphatic rings. The maximum absolute atomic E-state index is 12.2. The lowest BCUT2D eigenvalue weighted by Crippen LogP contribution is -2.47. The van der Waals surface area contributed by atoms with Gasteiger partial charge in [0.2, 0.25) is 0 Å². The summed E-state index contributed by atoms with van der Waals surface area (Å²) in [4.78, 5) is 14.7. The van der Waals surface area contributed by atoms with E-state index in [9.17, 15) is 4.79 Å². The van der Waals surface area contributed by atoms with Crippen molar-refractivity contribution in [3.8, 4) is 0 Å². The van der Waals surface area contributed by atoms with Gasteiger partial charge in [-0.1, -0.05) is 6.42 Å². The summed E-state index contributed by atoms with van der Waals surface area (Å²) >= 11 is 0. The third-order valence-corrected chi connectivity index (χ3v) is 4.59. The third-order valence-electron chi connectivity index (χ3n) is 4.59. The van der Waals surface area contributed by atoms with Crippen LogP contribution in [0.15, 0.2) is 12.4 Å². The lowest BCUT2D eigenvalue weighted by atomic mass is 9.99. The van der Waals surface area contributed by atoms with Crippen molar-refractivity contribution >= 4 is 11.7 Å². The van der Waals surface area contributed by atoms with Crippen LogP contribution in [0.2, 0.25) is 0 Å². The number of fused-ring (bicyclic) bond motifs is 1. The first-order valence-corrected chi connectivity index (χ1v) is 8.09. The van der Waals surface area contributed by atoms with E-state index in [0.717, 1.165) is 13.0 Å². The Balaban J connectivity index is 1.49. The number of piperidine rings is 1. The molecule has 2 atom stereocenters. The number of hydrogen-bond acceptors (Lipinski definition) is 4. The van der Waals surface area contributed by atoms with Crippen molar-refractivity contribution in [3.63, 3.8) is 0 Å². The number of amides is 2. The molecule has 0 aromatic carbocycles. The summed E-state index contributed by atoms with van der Waals surface area (Å²) in [7, 11) is 1.66. The SMILES string of the molecule is COCCn1cc(NC(=O)N[C@H]2CCN3CCCC[C@H]23)cn1. The van der Waals surface area contributed by atoms with Crippen molar-refractivity contribution in [1.29, 1.82) is 0 Å². The zero-order valence-corrected chi connectivity index (χ0v) is 13.1. The van der Waals surface area contributed by atoms with Crippen LogP contribution < -0.4 is 10.6 Å². The van der Waals surface area contributed by atoms with Crippen LogP contribution in [-0.2, 0) is 11.3 Å². The second-order valence-electron chi connectivity index (χ2n) is 6.08. The summed E-state index contributed by atoms with van der Waals surface area (Å²) in [6, 6.07) is 0.650. The van der Waals surface area contributed by atoms with Crippen LogP contribution in [0.4, 0.5) is 10.5 Å². The first-order valence-electron chi connectivity index (χ1n) is 8.09. The van der Waals surface area contributed by atoms with Crippen molar-refractivity contribution < 1.29 is 9.53 Å². The third kappa shape index (κ3) is 3.59. The van der Waals surface area contributed by atoms with Crippen LogP contribution in [0, 0.1) is 0 Å². The minimum atomic E-state index is -0.135. The molecule has 1 aromatic rings. The Labute approximate surface area is 131 Å².